The second-order valence-electron chi connectivity index (χ2n) is 4.45. The zero-order chi connectivity index (χ0) is 15.7. The van der Waals surface area contributed by atoms with Gasteiger partial charge in [-0.25, -0.2) is 0 Å². The summed E-state index contributed by atoms with van der Waals surface area (Å²) in [4.78, 5) is 0. The number of methoxy groups -OCH3 is 1. The van der Waals surface area contributed by atoms with Crippen LogP contribution < -0.4 is 10.1 Å². The number of aliphatic hydroxyl groups is 1. The van der Waals surface area contributed by atoms with Crippen LogP contribution in [0.3, 0.4) is 0 Å². The summed E-state index contributed by atoms with van der Waals surface area (Å²) in [7, 11) is 3.50. The van der Waals surface area contributed by atoms with Crippen molar-refractivity contribution in [3.8, 4) is 5.75 Å². The third-order valence-electron chi connectivity index (χ3n) is 2.60. The quantitative estimate of drug-likeness (QED) is 0.562. The van der Waals surface area contributed by atoms with Crippen molar-refractivity contribution < 1.29 is 19.3 Å². The number of nitrogens with one attached hydrogen (secondary N) is 1. The van der Waals surface area contributed by atoms with Crippen molar-refractivity contribution in [2.45, 2.75) is 12.6 Å². The predicted octanol–water partition coefficient (Wildman–Crippen LogP) is 2.33. The molecule has 1 atom stereocenters. The molecule has 120 valence electrons. The van der Waals surface area contributed by atoms with Crippen LogP contribution in [0.25, 0.3) is 0 Å². The van der Waals surface area contributed by atoms with E-state index in [9.17, 15) is 5.11 Å². The van der Waals surface area contributed by atoms with E-state index >= 15 is 0 Å². The van der Waals surface area contributed by atoms with Crippen LogP contribution in [-0.2, 0) is 16.0 Å². The lowest BCUT2D eigenvalue weighted by atomic mass is 10.2. The summed E-state index contributed by atoms with van der Waals surface area (Å²) in [5.41, 5.74) is 1.13. The Bertz CT molecular complexity index is 408. The zero-order valence-corrected chi connectivity index (χ0v) is 15.4. The molecule has 2 N–H and O–H groups in total. The topological polar surface area (TPSA) is 60.0 Å². The molecule has 1 rings (SSSR count). The van der Waals surface area contributed by atoms with Gasteiger partial charge < -0.3 is 24.6 Å². The molecule has 1 aromatic carbocycles. The van der Waals surface area contributed by atoms with Gasteiger partial charge >= 0.3 is 0 Å². The fourth-order valence-corrected chi connectivity index (χ4v) is 3.16. The Hall–Kier alpha value is -0.180. The molecule has 0 fully saturated rings. The second kappa shape index (κ2) is 10.5. The predicted molar refractivity (Wildman–Crippen MR) is 88.8 cm³/mol. The molecule has 5 nitrogen and oxygen atoms in total. The minimum atomic E-state index is -0.683. The Kier molecular flexibility index (Phi) is 9.46. The molecule has 0 aliphatic rings. The number of aliphatic hydroxyl groups excluding tert-OH is 1. The molecule has 1 unspecified atom stereocenters. The minimum absolute atomic E-state index is 0.162. The van der Waals surface area contributed by atoms with E-state index in [-0.39, 0.29) is 13.2 Å². The normalized spacial score (nSPS) is 12.4. The van der Waals surface area contributed by atoms with E-state index in [1.807, 2.05) is 19.2 Å². The van der Waals surface area contributed by atoms with Crippen LogP contribution in [0.4, 0.5) is 0 Å². The first kappa shape index (κ1) is 18.9. The Morgan fingerprint density at radius 1 is 1.19 bits per heavy atom. The van der Waals surface area contributed by atoms with Crippen LogP contribution in [0.1, 0.15) is 5.56 Å². The molecule has 21 heavy (non-hydrogen) atoms. The van der Waals surface area contributed by atoms with Crippen molar-refractivity contribution in [1.29, 1.82) is 0 Å². The lowest BCUT2D eigenvalue weighted by Gasteiger charge is -2.15. The van der Waals surface area contributed by atoms with Crippen molar-refractivity contribution in [2.75, 3.05) is 40.6 Å². The SMILES string of the molecule is CNCc1cc(Br)c(OCC(O)COCCOC)c(Br)c1. The maximum atomic E-state index is 9.80. The Balaban J connectivity index is 2.47. The van der Waals surface area contributed by atoms with Gasteiger partial charge in [0.2, 0.25) is 0 Å². The molecular formula is C14H21Br2NO4. The molecule has 0 aromatic heterocycles. The summed E-state index contributed by atoms with van der Waals surface area (Å²) in [5, 5.41) is 12.9. The maximum Gasteiger partial charge on any atom is 0.147 e. The van der Waals surface area contributed by atoms with Crippen molar-refractivity contribution in [3.05, 3.63) is 26.6 Å². The first-order valence-electron chi connectivity index (χ1n) is 6.58. The smallest absolute Gasteiger partial charge is 0.147 e. The van der Waals surface area contributed by atoms with Crippen molar-refractivity contribution in [1.82, 2.24) is 5.32 Å². The van der Waals surface area contributed by atoms with Crippen molar-refractivity contribution >= 4 is 31.9 Å². The van der Waals surface area contributed by atoms with Gasteiger partial charge in [-0.2, -0.15) is 0 Å². The Labute approximate surface area is 142 Å². The number of rotatable bonds is 10. The summed E-state index contributed by atoms with van der Waals surface area (Å²) in [6, 6.07) is 3.97. The second-order valence-corrected chi connectivity index (χ2v) is 6.16. The Morgan fingerprint density at radius 2 is 1.86 bits per heavy atom. The van der Waals surface area contributed by atoms with Gasteiger partial charge in [0.05, 0.1) is 28.8 Å². The van der Waals surface area contributed by atoms with E-state index in [4.69, 9.17) is 14.2 Å². The zero-order valence-electron chi connectivity index (χ0n) is 12.2. The van der Waals surface area contributed by atoms with Crippen LogP contribution in [0.15, 0.2) is 21.1 Å². The monoisotopic (exact) mass is 425 g/mol. The number of ether oxygens (including phenoxy) is 3. The summed E-state index contributed by atoms with van der Waals surface area (Å²) >= 11 is 6.96. The molecule has 0 heterocycles. The van der Waals surface area contributed by atoms with Gasteiger partial charge in [-0.3, -0.25) is 0 Å². The molecule has 0 aliphatic heterocycles. The number of halogens is 2. The summed E-state index contributed by atoms with van der Waals surface area (Å²) in [6.45, 7) is 2.12. The number of hydrogen-bond acceptors (Lipinski definition) is 5. The third kappa shape index (κ3) is 7.08. The van der Waals surface area contributed by atoms with E-state index in [2.05, 4.69) is 37.2 Å². The van der Waals surface area contributed by atoms with Gasteiger partial charge in [-0.05, 0) is 56.6 Å². The molecule has 7 heteroatoms. The van der Waals surface area contributed by atoms with E-state index < -0.39 is 6.10 Å². The highest BCUT2D eigenvalue weighted by Gasteiger charge is 2.12. The van der Waals surface area contributed by atoms with E-state index in [1.165, 1.54) is 0 Å². The highest BCUT2D eigenvalue weighted by atomic mass is 79.9. The average molecular weight is 427 g/mol. The fourth-order valence-electron chi connectivity index (χ4n) is 1.65. The Morgan fingerprint density at radius 3 is 2.43 bits per heavy atom. The number of hydrogen-bond donors (Lipinski definition) is 2. The molecular weight excluding hydrogens is 406 g/mol. The minimum Gasteiger partial charge on any atom is -0.488 e. The van der Waals surface area contributed by atoms with E-state index in [0.29, 0.717) is 19.0 Å². The number of benzene rings is 1. The lowest BCUT2D eigenvalue weighted by molar-refractivity contribution is -0.00440. The van der Waals surface area contributed by atoms with Crippen molar-refractivity contribution in [2.24, 2.45) is 0 Å². The van der Waals surface area contributed by atoms with E-state index in [0.717, 1.165) is 21.1 Å². The van der Waals surface area contributed by atoms with Gasteiger partial charge in [0.15, 0.2) is 0 Å². The molecule has 0 radical (unpaired) electrons. The third-order valence-corrected chi connectivity index (χ3v) is 3.78. The highest BCUT2D eigenvalue weighted by Crippen LogP contribution is 2.34. The molecule has 1 aromatic rings. The summed E-state index contributed by atoms with van der Waals surface area (Å²) in [5.74, 6) is 0.672. The van der Waals surface area contributed by atoms with Gasteiger partial charge in [-0.15, -0.1) is 0 Å². The molecule has 0 spiro atoms. The molecule has 0 saturated heterocycles. The largest absolute Gasteiger partial charge is 0.488 e. The van der Waals surface area contributed by atoms with Gasteiger partial charge in [0, 0.05) is 13.7 Å². The molecule has 0 amide bonds. The molecule has 0 aliphatic carbocycles. The average Bonchev–Trinajstić information content (AvgIpc) is 2.43. The van der Waals surface area contributed by atoms with Gasteiger partial charge in [0.25, 0.3) is 0 Å². The van der Waals surface area contributed by atoms with Crippen LogP contribution in [0.5, 0.6) is 5.75 Å². The first-order valence-corrected chi connectivity index (χ1v) is 8.17. The van der Waals surface area contributed by atoms with Crippen LogP contribution in [0, 0.1) is 0 Å². The molecule has 0 bridgehead atoms. The van der Waals surface area contributed by atoms with Crippen LogP contribution >= 0.6 is 31.9 Å². The van der Waals surface area contributed by atoms with E-state index in [1.54, 1.807) is 7.11 Å². The van der Waals surface area contributed by atoms with Crippen LogP contribution in [0.2, 0.25) is 0 Å². The first-order chi connectivity index (χ1) is 10.1. The van der Waals surface area contributed by atoms with Crippen molar-refractivity contribution in [3.63, 3.8) is 0 Å². The summed E-state index contributed by atoms with van der Waals surface area (Å²) in [6.07, 6.45) is -0.683. The summed E-state index contributed by atoms with van der Waals surface area (Å²) < 4.78 is 17.4. The highest BCUT2D eigenvalue weighted by molar-refractivity contribution is 9.11. The maximum absolute atomic E-state index is 9.80. The standard InChI is InChI=1S/C14H21Br2NO4/c1-17-7-10-5-12(15)14(13(16)6-10)21-9-11(18)8-20-4-3-19-2/h5-6,11,17-18H,3-4,7-9H2,1-2H3. The van der Waals surface area contributed by atoms with Gasteiger partial charge in [-0.1, -0.05) is 0 Å². The van der Waals surface area contributed by atoms with Crippen LogP contribution in [-0.4, -0.2) is 51.8 Å². The molecule has 0 saturated carbocycles. The lowest BCUT2D eigenvalue weighted by Crippen LogP contribution is -2.24. The van der Waals surface area contributed by atoms with Gasteiger partial charge in [0.1, 0.15) is 18.5 Å². The fraction of sp³-hybridized carbons (Fsp3) is 0.571.